The Bertz CT molecular complexity index is 614. The molecule has 0 saturated heterocycles. The van der Waals surface area contributed by atoms with Crippen molar-refractivity contribution in [3.63, 3.8) is 0 Å². The summed E-state index contributed by atoms with van der Waals surface area (Å²) in [6.07, 6.45) is 11.2. The van der Waals surface area contributed by atoms with Crippen LogP contribution in [-0.4, -0.2) is 42.5 Å². The van der Waals surface area contributed by atoms with Gasteiger partial charge in [-0.1, -0.05) is 23.8 Å². The molecule has 1 aromatic rings. The molecular weight excluding hydrogens is 284 g/mol. The summed E-state index contributed by atoms with van der Waals surface area (Å²) in [7, 11) is 2.03. The van der Waals surface area contributed by atoms with Crippen LogP contribution in [0.15, 0.2) is 69.7 Å². The molecule has 0 unspecified atom stereocenters. The van der Waals surface area contributed by atoms with Gasteiger partial charge in [0, 0.05) is 43.9 Å². The number of hydrogen-bond donors (Lipinski definition) is 0. The molecule has 0 aliphatic carbocycles. The lowest BCUT2D eigenvalue weighted by Crippen LogP contribution is -2.15. The molecule has 0 aromatic carbocycles. The third kappa shape index (κ3) is 4.39. The van der Waals surface area contributed by atoms with Crippen LogP contribution in [0, 0.1) is 0 Å². The number of hydrogen-bond acceptors (Lipinski definition) is 4. The fraction of sp³-hybridized carbons (Fsp3) is 0.188. The molecule has 0 spiro atoms. The number of rotatable bonds is 5. The van der Waals surface area contributed by atoms with Crippen LogP contribution in [0.5, 0.6) is 0 Å². The lowest BCUT2D eigenvalue weighted by atomic mass is 10.1. The van der Waals surface area contributed by atoms with Gasteiger partial charge in [0.1, 0.15) is 0 Å². The summed E-state index contributed by atoms with van der Waals surface area (Å²) in [5.41, 5.74) is 2.65. The molecule has 0 atom stereocenters. The Morgan fingerprint density at radius 2 is 2.43 bits per heavy atom. The third-order valence-electron chi connectivity index (χ3n) is 2.90. The Hall–Kier alpha value is -2.20. The van der Waals surface area contributed by atoms with Gasteiger partial charge in [-0.2, -0.15) is 0 Å². The Morgan fingerprint density at radius 3 is 3.10 bits per heavy atom. The highest BCUT2D eigenvalue weighted by Crippen LogP contribution is 2.15. The first kappa shape index (κ1) is 15.2. The predicted octanol–water partition coefficient (Wildman–Crippen LogP) is 3.04. The summed E-state index contributed by atoms with van der Waals surface area (Å²) < 4.78 is 0. The minimum atomic E-state index is 0.451. The van der Waals surface area contributed by atoms with Gasteiger partial charge in [-0.3, -0.25) is 15.0 Å². The van der Waals surface area contributed by atoms with Gasteiger partial charge in [0.2, 0.25) is 0 Å². The van der Waals surface area contributed by atoms with Crippen molar-refractivity contribution in [2.24, 2.45) is 9.98 Å². The van der Waals surface area contributed by atoms with Crippen molar-refractivity contribution in [2.45, 2.75) is 0 Å². The van der Waals surface area contributed by atoms with Crippen LogP contribution >= 0.6 is 11.6 Å². The van der Waals surface area contributed by atoms with Crippen molar-refractivity contribution in [3.05, 3.63) is 65.2 Å². The van der Waals surface area contributed by atoms with Crippen LogP contribution < -0.4 is 0 Å². The monoisotopic (exact) mass is 300 g/mol. The number of halogens is 1. The second-order valence-corrected chi connectivity index (χ2v) is 5.02. The van der Waals surface area contributed by atoms with Crippen LogP contribution in [0.1, 0.15) is 5.56 Å². The van der Waals surface area contributed by atoms with E-state index >= 15 is 0 Å². The van der Waals surface area contributed by atoms with Gasteiger partial charge in [0.05, 0.1) is 17.3 Å². The number of aliphatic imine (C=N–C) groups is 2. The molecule has 1 aliphatic rings. The van der Waals surface area contributed by atoms with Crippen LogP contribution in [0.25, 0.3) is 0 Å². The van der Waals surface area contributed by atoms with Gasteiger partial charge in [0.25, 0.3) is 0 Å². The smallest absolute Gasteiger partial charge is 0.0868 e. The van der Waals surface area contributed by atoms with E-state index in [-0.39, 0.29) is 0 Å². The predicted molar refractivity (Wildman–Crippen MR) is 89.0 cm³/mol. The maximum Gasteiger partial charge on any atom is 0.0868 e. The van der Waals surface area contributed by atoms with Gasteiger partial charge in [-0.05, 0) is 24.4 Å². The fourth-order valence-electron chi connectivity index (χ4n) is 1.96. The average molecular weight is 301 g/mol. The summed E-state index contributed by atoms with van der Waals surface area (Å²) >= 11 is 6.25. The SMILES string of the molecule is C=N/C=C(/Cl)C(=NCC1=CN(C)CC=C1)c1cccnc1. The van der Waals surface area contributed by atoms with Gasteiger partial charge in [-0.15, -0.1) is 0 Å². The molecule has 5 heteroatoms. The summed E-state index contributed by atoms with van der Waals surface area (Å²) in [5.74, 6) is 0. The lowest BCUT2D eigenvalue weighted by molar-refractivity contribution is 0.499. The molecule has 0 N–H and O–H groups in total. The van der Waals surface area contributed by atoms with E-state index in [1.807, 2.05) is 19.2 Å². The van der Waals surface area contributed by atoms with Gasteiger partial charge in [0.15, 0.2) is 0 Å². The summed E-state index contributed by atoms with van der Waals surface area (Å²) in [6, 6.07) is 3.77. The highest BCUT2D eigenvalue weighted by molar-refractivity contribution is 6.46. The maximum absolute atomic E-state index is 6.25. The Balaban J connectivity index is 2.27. The number of nitrogens with zero attached hydrogens (tertiary/aromatic N) is 4. The zero-order valence-electron chi connectivity index (χ0n) is 11.9. The average Bonchev–Trinajstić information content (AvgIpc) is 2.49. The van der Waals surface area contributed by atoms with E-state index in [2.05, 4.69) is 44.9 Å². The Morgan fingerprint density at radius 1 is 1.57 bits per heavy atom. The van der Waals surface area contributed by atoms with E-state index in [9.17, 15) is 0 Å². The van der Waals surface area contributed by atoms with Crippen LogP contribution in [0.4, 0.5) is 0 Å². The first-order valence-corrected chi connectivity index (χ1v) is 6.92. The third-order valence-corrected chi connectivity index (χ3v) is 3.17. The molecule has 21 heavy (non-hydrogen) atoms. The number of allylic oxidation sites excluding steroid dienone is 1. The molecule has 1 aliphatic heterocycles. The molecule has 0 amide bonds. The van der Waals surface area contributed by atoms with Crippen LogP contribution in [0.2, 0.25) is 0 Å². The number of likely N-dealkylation sites (N-methyl/N-ethyl adjacent to an activating group) is 1. The molecule has 108 valence electrons. The maximum atomic E-state index is 6.25. The lowest BCUT2D eigenvalue weighted by Gasteiger charge is -2.17. The van der Waals surface area contributed by atoms with Crippen molar-refractivity contribution >= 4 is 24.0 Å². The van der Waals surface area contributed by atoms with Gasteiger partial charge >= 0.3 is 0 Å². The largest absolute Gasteiger partial charge is 0.376 e. The van der Waals surface area contributed by atoms with E-state index < -0.39 is 0 Å². The Labute approximate surface area is 129 Å². The van der Waals surface area contributed by atoms with Crippen molar-refractivity contribution in [1.82, 2.24) is 9.88 Å². The van der Waals surface area contributed by atoms with Crippen molar-refractivity contribution < 1.29 is 0 Å². The van der Waals surface area contributed by atoms with E-state index in [0.717, 1.165) is 17.7 Å². The van der Waals surface area contributed by atoms with Crippen molar-refractivity contribution in [1.29, 1.82) is 0 Å². The van der Waals surface area contributed by atoms with E-state index in [1.54, 1.807) is 12.4 Å². The summed E-state index contributed by atoms with van der Waals surface area (Å²) in [5, 5.41) is 0.451. The Kier molecular flexibility index (Phi) is 5.46. The van der Waals surface area contributed by atoms with E-state index in [1.165, 1.54) is 6.20 Å². The molecule has 0 saturated carbocycles. The quantitative estimate of drug-likeness (QED) is 0.784. The van der Waals surface area contributed by atoms with Gasteiger partial charge < -0.3 is 4.90 Å². The minimum Gasteiger partial charge on any atom is -0.376 e. The molecule has 2 rings (SSSR count). The van der Waals surface area contributed by atoms with Gasteiger partial charge in [-0.25, -0.2) is 0 Å². The summed E-state index contributed by atoms with van der Waals surface area (Å²) in [6.45, 7) is 4.89. The van der Waals surface area contributed by atoms with Crippen LogP contribution in [-0.2, 0) is 0 Å². The minimum absolute atomic E-state index is 0.451. The molecule has 0 fully saturated rings. The van der Waals surface area contributed by atoms with E-state index in [4.69, 9.17) is 11.6 Å². The van der Waals surface area contributed by atoms with E-state index in [0.29, 0.717) is 17.3 Å². The molecular formula is C16H17ClN4. The zero-order chi connectivity index (χ0) is 15.1. The first-order chi connectivity index (χ1) is 10.2. The van der Waals surface area contributed by atoms with Crippen LogP contribution in [0.3, 0.4) is 0 Å². The molecule has 1 aromatic heterocycles. The number of aromatic nitrogens is 1. The highest BCUT2D eigenvalue weighted by atomic mass is 35.5. The zero-order valence-corrected chi connectivity index (χ0v) is 12.7. The standard InChI is InChI=1S/C16H17ClN4/c1-18-11-15(17)16(14-6-3-7-19-10-14)20-9-13-5-4-8-21(2)12-13/h3-7,10-12H,1,8-9H2,2H3/b15-11+,20-16?. The normalized spacial score (nSPS) is 15.9. The fourth-order valence-corrected chi connectivity index (χ4v) is 2.20. The summed E-state index contributed by atoms with van der Waals surface area (Å²) in [4.78, 5) is 14.5. The highest BCUT2D eigenvalue weighted by Gasteiger charge is 2.09. The number of pyridine rings is 1. The first-order valence-electron chi connectivity index (χ1n) is 6.55. The molecule has 4 nitrogen and oxygen atoms in total. The topological polar surface area (TPSA) is 40.9 Å². The second-order valence-electron chi connectivity index (χ2n) is 4.61. The molecule has 2 heterocycles. The molecule has 0 bridgehead atoms. The molecule has 0 radical (unpaired) electrons. The second kappa shape index (κ2) is 7.55. The van der Waals surface area contributed by atoms with Crippen molar-refractivity contribution in [2.75, 3.05) is 20.1 Å². The van der Waals surface area contributed by atoms with Crippen molar-refractivity contribution in [3.8, 4) is 0 Å².